The second-order valence-corrected chi connectivity index (χ2v) is 9.32. The molecule has 176 valence electrons. The Morgan fingerprint density at radius 1 is 1.21 bits per heavy atom. The smallest absolute Gasteiger partial charge is 0.128 e. The van der Waals surface area contributed by atoms with Gasteiger partial charge in [0.05, 0.1) is 33.9 Å². The number of pyridine rings is 2. The molecule has 4 heterocycles. The van der Waals surface area contributed by atoms with Crippen LogP contribution in [0.1, 0.15) is 37.1 Å². The molecule has 0 saturated carbocycles. The summed E-state index contributed by atoms with van der Waals surface area (Å²) < 4.78 is 6.21. The SMILES string of the molecule is Cc1ncc(Cl)c(C(C)Oc2ccc3[nH]nc(-c4ccc(N5CCC[C@@H]5CO)nc4)c3c2)c1Cl. The van der Waals surface area contributed by atoms with Gasteiger partial charge in [-0.15, -0.1) is 0 Å². The maximum absolute atomic E-state index is 9.61. The average molecular weight is 498 g/mol. The van der Waals surface area contributed by atoms with Crippen molar-refractivity contribution in [1.82, 2.24) is 20.2 Å². The molecule has 3 aromatic heterocycles. The van der Waals surface area contributed by atoms with Gasteiger partial charge in [-0.1, -0.05) is 23.2 Å². The van der Waals surface area contributed by atoms with Gasteiger partial charge in [0.2, 0.25) is 0 Å². The van der Waals surface area contributed by atoms with Gasteiger partial charge >= 0.3 is 0 Å². The van der Waals surface area contributed by atoms with E-state index in [0.717, 1.165) is 47.4 Å². The lowest BCUT2D eigenvalue weighted by molar-refractivity contribution is 0.227. The summed E-state index contributed by atoms with van der Waals surface area (Å²) in [4.78, 5) is 11.0. The number of hydrogen-bond acceptors (Lipinski definition) is 6. The standard InChI is InChI=1S/C25H25Cl2N5O2/c1-14-24(27)23(20(26)12-28-14)15(2)34-18-6-7-21-19(10-18)25(31-30-21)16-5-8-22(29-11-16)32-9-3-4-17(32)13-33/h5-8,10-12,15,17,33H,3-4,9,13H2,1-2H3,(H,30,31)/t15?,17-/m1/s1. The maximum atomic E-state index is 9.61. The average Bonchev–Trinajstić information content (AvgIpc) is 3.48. The Kier molecular flexibility index (Phi) is 6.34. The fraction of sp³-hybridized carbons (Fsp3) is 0.320. The fourth-order valence-electron chi connectivity index (χ4n) is 4.52. The number of aromatic nitrogens is 4. The van der Waals surface area contributed by atoms with Crippen LogP contribution in [0.25, 0.3) is 22.2 Å². The van der Waals surface area contributed by atoms with E-state index >= 15 is 0 Å². The third-order valence-electron chi connectivity index (χ3n) is 6.34. The largest absolute Gasteiger partial charge is 0.486 e. The molecular formula is C25H25Cl2N5O2. The highest BCUT2D eigenvalue weighted by Crippen LogP contribution is 2.36. The van der Waals surface area contributed by atoms with Crippen LogP contribution in [0.2, 0.25) is 10.0 Å². The van der Waals surface area contributed by atoms with E-state index in [1.807, 2.05) is 50.4 Å². The Bertz CT molecular complexity index is 1330. The van der Waals surface area contributed by atoms with E-state index in [4.69, 9.17) is 27.9 Å². The Morgan fingerprint density at radius 2 is 2.06 bits per heavy atom. The zero-order chi connectivity index (χ0) is 23.8. The first-order chi connectivity index (χ1) is 16.5. The number of hydrogen-bond donors (Lipinski definition) is 2. The predicted molar refractivity (Wildman–Crippen MR) is 135 cm³/mol. The van der Waals surface area contributed by atoms with Crippen molar-refractivity contribution in [1.29, 1.82) is 0 Å². The highest BCUT2D eigenvalue weighted by molar-refractivity contribution is 6.36. The van der Waals surface area contributed by atoms with Crippen LogP contribution in [0.3, 0.4) is 0 Å². The van der Waals surface area contributed by atoms with E-state index in [1.54, 1.807) is 6.20 Å². The molecule has 9 heteroatoms. The van der Waals surface area contributed by atoms with E-state index < -0.39 is 0 Å². The number of H-pyrrole nitrogens is 1. The lowest BCUT2D eigenvalue weighted by atomic mass is 10.1. The second-order valence-electron chi connectivity index (χ2n) is 8.54. The number of nitrogens with one attached hydrogen (secondary N) is 1. The van der Waals surface area contributed by atoms with E-state index in [2.05, 4.69) is 25.1 Å². The first-order valence-electron chi connectivity index (χ1n) is 11.3. The van der Waals surface area contributed by atoms with Crippen molar-refractivity contribution in [3.05, 3.63) is 64.0 Å². The molecule has 2 N–H and O–H groups in total. The van der Waals surface area contributed by atoms with Crippen LogP contribution < -0.4 is 9.64 Å². The van der Waals surface area contributed by atoms with E-state index in [-0.39, 0.29) is 18.8 Å². The zero-order valence-electron chi connectivity index (χ0n) is 18.9. The summed E-state index contributed by atoms with van der Waals surface area (Å²) in [6.45, 7) is 4.80. The lowest BCUT2D eigenvalue weighted by Crippen LogP contribution is -2.32. The Labute approximate surface area is 207 Å². The molecule has 0 spiro atoms. The number of halogens is 2. The molecule has 0 aliphatic carbocycles. The van der Waals surface area contributed by atoms with Crippen molar-refractivity contribution in [3.8, 4) is 17.0 Å². The molecule has 1 fully saturated rings. The van der Waals surface area contributed by atoms with Crippen molar-refractivity contribution < 1.29 is 9.84 Å². The molecule has 1 aliphatic heterocycles. The van der Waals surface area contributed by atoms with Crippen molar-refractivity contribution in [2.24, 2.45) is 0 Å². The normalized spacial score (nSPS) is 16.9. The summed E-state index contributed by atoms with van der Waals surface area (Å²) in [5.41, 5.74) is 4.01. The number of anilines is 1. The molecular weight excluding hydrogens is 473 g/mol. The van der Waals surface area contributed by atoms with Crippen molar-refractivity contribution in [2.45, 2.75) is 38.8 Å². The molecule has 1 unspecified atom stereocenters. The van der Waals surface area contributed by atoms with E-state index in [9.17, 15) is 5.11 Å². The molecule has 7 nitrogen and oxygen atoms in total. The van der Waals surface area contributed by atoms with E-state index in [1.165, 1.54) is 0 Å². The number of aliphatic hydroxyl groups excluding tert-OH is 1. The van der Waals surface area contributed by atoms with Crippen LogP contribution in [-0.4, -0.2) is 44.5 Å². The number of aryl methyl sites for hydroxylation is 1. The zero-order valence-corrected chi connectivity index (χ0v) is 20.4. The third-order valence-corrected chi connectivity index (χ3v) is 7.12. The van der Waals surface area contributed by atoms with Crippen LogP contribution in [0.5, 0.6) is 5.75 Å². The van der Waals surface area contributed by atoms with Crippen molar-refractivity contribution in [2.75, 3.05) is 18.1 Å². The quantitative estimate of drug-likeness (QED) is 0.353. The molecule has 1 aromatic carbocycles. The van der Waals surface area contributed by atoms with Gasteiger partial charge in [0, 0.05) is 35.5 Å². The number of benzene rings is 1. The highest BCUT2D eigenvalue weighted by atomic mass is 35.5. The highest BCUT2D eigenvalue weighted by Gasteiger charge is 2.25. The van der Waals surface area contributed by atoms with Gasteiger partial charge in [-0.3, -0.25) is 10.1 Å². The van der Waals surface area contributed by atoms with E-state index in [0.29, 0.717) is 27.1 Å². The summed E-state index contributed by atoms with van der Waals surface area (Å²) in [6.07, 6.45) is 5.11. The summed E-state index contributed by atoms with van der Waals surface area (Å²) in [5, 5.41) is 19.1. The Balaban J connectivity index is 1.42. The fourth-order valence-corrected chi connectivity index (χ4v) is 5.17. The molecule has 0 amide bonds. The number of aromatic amines is 1. The van der Waals surface area contributed by atoms with Gasteiger partial charge < -0.3 is 14.7 Å². The molecule has 1 aliphatic rings. The molecule has 2 atom stereocenters. The van der Waals surface area contributed by atoms with Crippen molar-refractivity contribution in [3.63, 3.8) is 0 Å². The summed E-state index contributed by atoms with van der Waals surface area (Å²) in [7, 11) is 0. The molecule has 4 aromatic rings. The van der Waals surface area contributed by atoms with Gasteiger partial charge in [-0.25, -0.2) is 4.98 Å². The number of fused-ring (bicyclic) bond motifs is 1. The van der Waals surface area contributed by atoms with Gasteiger partial charge in [-0.2, -0.15) is 5.10 Å². The van der Waals surface area contributed by atoms with Crippen LogP contribution >= 0.6 is 23.2 Å². The first-order valence-corrected chi connectivity index (χ1v) is 12.0. The van der Waals surface area contributed by atoms with Crippen LogP contribution in [0.4, 0.5) is 5.82 Å². The first kappa shape index (κ1) is 22.9. The second kappa shape index (κ2) is 9.41. The van der Waals surface area contributed by atoms with Gasteiger partial charge in [-0.05, 0) is 57.0 Å². The number of aliphatic hydroxyl groups is 1. The number of nitrogens with zero attached hydrogens (tertiary/aromatic N) is 4. The molecule has 0 radical (unpaired) electrons. The maximum Gasteiger partial charge on any atom is 0.128 e. The molecule has 1 saturated heterocycles. The number of rotatable bonds is 6. The van der Waals surface area contributed by atoms with Crippen LogP contribution in [0.15, 0.2) is 42.7 Å². The topological polar surface area (TPSA) is 87.2 Å². The van der Waals surface area contributed by atoms with Crippen molar-refractivity contribution >= 4 is 39.9 Å². The van der Waals surface area contributed by atoms with Gasteiger partial charge in [0.15, 0.2) is 0 Å². The third kappa shape index (κ3) is 4.19. The predicted octanol–water partition coefficient (Wildman–Crippen LogP) is 5.74. The molecule has 5 rings (SSSR count). The Hall–Kier alpha value is -2.87. The van der Waals surface area contributed by atoms with Crippen LogP contribution in [-0.2, 0) is 0 Å². The summed E-state index contributed by atoms with van der Waals surface area (Å²) >= 11 is 12.8. The minimum atomic E-state index is -0.365. The lowest BCUT2D eigenvalue weighted by Gasteiger charge is -2.24. The molecule has 0 bridgehead atoms. The summed E-state index contributed by atoms with van der Waals surface area (Å²) in [6, 6.07) is 9.92. The molecule has 34 heavy (non-hydrogen) atoms. The minimum absolute atomic E-state index is 0.137. The summed E-state index contributed by atoms with van der Waals surface area (Å²) in [5.74, 6) is 1.55. The minimum Gasteiger partial charge on any atom is -0.486 e. The van der Waals surface area contributed by atoms with Gasteiger partial charge in [0.1, 0.15) is 23.4 Å². The Morgan fingerprint density at radius 3 is 2.82 bits per heavy atom. The van der Waals surface area contributed by atoms with Crippen LogP contribution in [0, 0.1) is 6.92 Å². The van der Waals surface area contributed by atoms with Gasteiger partial charge in [0.25, 0.3) is 0 Å². The monoisotopic (exact) mass is 497 g/mol. The number of ether oxygens (including phenoxy) is 1.